The third-order valence-electron chi connectivity index (χ3n) is 3.95. The number of fused-ring (bicyclic) bond motifs is 1. The van der Waals surface area contributed by atoms with Crippen molar-refractivity contribution in [1.82, 2.24) is 5.32 Å². The molecule has 1 saturated carbocycles. The van der Waals surface area contributed by atoms with Gasteiger partial charge in [0.2, 0.25) is 5.91 Å². The van der Waals surface area contributed by atoms with Crippen molar-refractivity contribution < 1.29 is 19.1 Å². The Balaban J connectivity index is 1.52. The van der Waals surface area contributed by atoms with Gasteiger partial charge in [-0.2, -0.15) is 0 Å². The lowest BCUT2D eigenvalue weighted by Crippen LogP contribution is -2.39. The van der Waals surface area contributed by atoms with E-state index in [-0.39, 0.29) is 30.8 Å². The van der Waals surface area contributed by atoms with E-state index >= 15 is 0 Å². The van der Waals surface area contributed by atoms with Gasteiger partial charge in [0.05, 0.1) is 17.9 Å². The number of amides is 2. The van der Waals surface area contributed by atoms with Crippen molar-refractivity contribution in [3.8, 4) is 0 Å². The highest BCUT2D eigenvalue weighted by atomic mass is 32.2. The van der Waals surface area contributed by atoms with Crippen LogP contribution in [0.15, 0.2) is 29.2 Å². The summed E-state index contributed by atoms with van der Waals surface area (Å²) in [6.07, 6.45) is 1.23. The Bertz CT molecular complexity index is 660. The number of hydrogen-bond donors (Lipinski definition) is 1. The van der Waals surface area contributed by atoms with E-state index in [1.807, 2.05) is 24.3 Å². The summed E-state index contributed by atoms with van der Waals surface area (Å²) in [4.78, 5) is 38.5. The maximum atomic E-state index is 12.1. The molecule has 0 unspecified atom stereocenters. The number of carbonyl (C=O) groups is 3. The van der Waals surface area contributed by atoms with Gasteiger partial charge >= 0.3 is 5.97 Å². The van der Waals surface area contributed by atoms with Gasteiger partial charge in [-0.25, -0.2) is 0 Å². The summed E-state index contributed by atoms with van der Waals surface area (Å²) in [7, 11) is 0. The predicted molar refractivity (Wildman–Crippen MR) is 90.9 cm³/mol. The number of anilines is 1. The highest BCUT2D eigenvalue weighted by molar-refractivity contribution is 8.00. The Kier molecular flexibility index (Phi) is 5.08. The van der Waals surface area contributed by atoms with Crippen LogP contribution in [-0.4, -0.2) is 42.2 Å². The molecule has 1 heterocycles. The molecule has 7 heteroatoms. The molecule has 1 aromatic carbocycles. The largest absolute Gasteiger partial charge is 0.452 e. The summed E-state index contributed by atoms with van der Waals surface area (Å²) in [6, 6.07) is 7.86. The monoisotopic (exact) mass is 348 g/mol. The molecule has 1 fully saturated rings. The summed E-state index contributed by atoms with van der Waals surface area (Å²) in [5, 5.41) is 2.80. The van der Waals surface area contributed by atoms with E-state index in [4.69, 9.17) is 4.74 Å². The molecule has 6 nitrogen and oxygen atoms in total. The summed E-state index contributed by atoms with van der Waals surface area (Å²) in [6.45, 7) is 1.82. The maximum absolute atomic E-state index is 12.1. The van der Waals surface area contributed by atoms with Crippen molar-refractivity contribution in [2.75, 3.05) is 17.2 Å². The number of para-hydroxylation sites is 1. The van der Waals surface area contributed by atoms with Crippen LogP contribution in [0.3, 0.4) is 0 Å². The molecular formula is C17H20N2O4S. The lowest BCUT2D eigenvalue weighted by Gasteiger charge is -2.28. The van der Waals surface area contributed by atoms with E-state index in [0.29, 0.717) is 5.75 Å². The Morgan fingerprint density at radius 3 is 2.88 bits per heavy atom. The van der Waals surface area contributed by atoms with Crippen molar-refractivity contribution in [3.05, 3.63) is 24.3 Å². The summed E-state index contributed by atoms with van der Waals surface area (Å²) in [5.74, 6) is -0.392. The molecule has 2 aliphatic rings. The molecule has 1 N–H and O–H groups in total. The Labute approximate surface area is 144 Å². The van der Waals surface area contributed by atoms with Crippen molar-refractivity contribution in [3.63, 3.8) is 0 Å². The van der Waals surface area contributed by atoms with Crippen molar-refractivity contribution in [1.29, 1.82) is 0 Å². The Hall–Kier alpha value is -2.02. The van der Waals surface area contributed by atoms with Gasteiger partial charge < -0.3 is 15.0 Å². The van der Waals surface area contributed by atoms with Crippen LogP contribution < -0.4 is 10.2 Å². The first-order valence-electron chi connectivity index (χ1n) is 8.06. The first kappa shape index (κ1) is 16.8. The average molecular weight is 348 g/mol. The fraction of sp³-hybridized carbons (Fsp3) is 0.471. The van der Waals surface area contributed by atoms with Gasteiger partial charge in [-0.3, -0.25) is 14.4 Å². The molecule has 1 aliphatic heterocycles. The van der Waals surface area contributed by atoms with Gasteiger partial charge in [-0.15, -0.1) is 11.8 Å². The molecular weight excluding hydrogens is 328 g/mol. The second kappa shape index (κ2) is 7.25. The molecule has 1 atom stereocenters. The molecule has 2 amide bonds. The predicted octanol–water partition coefficient (Wildman–Crippen LogP) is 1.73. The standard InChI is InChI=1S/C17H20N2O4S/c1-11(17(22)18-12-6-7-12)23-16(21)8-9-19-13-4-2-3-5-14(13)24-10-15(19)20/h2-5,11-12H,6-10H2,1H3,(H,18,22)/t11-/m0/s1. The highest BCUT2D eigenvalue weighted by Gasteiger charge is 2.28. The SMILES string of the molecule is C[C@H](OC(=O)CCN1C(=O)CSc2ccccc21)C(=O)NC1CC1. The fourth-order valence-corrected chi connectivity index (χ4v) is 3.39. The zero-order valence-electron chi connectivity index (χ0n) is 13.5. The number of nitrogens with one attached hydrogen (secondary N) is 1. The van der Waals surface area contributed by atoms with Crippen molar-refractivity contribution in [2.24, 2.45) is 0 Å². The van der Waals surface area contributed by atoms with E-state index < -0.39 is 12.1 Å². The third-order valence-corrected chi connectivity index (χ3v) is 5.00. The Morgan fingerprint density at radius 2 is 2.12 bits per heavy atom. The first-order valence-corrected chi connectivity index (χ1v) is 9.05. The summed E-state index contributed by atoms with van der Waals surface area (Å²) < 4.78 is 5.16. The van der Waals surface area contributed by atoms with Crippen LogP contribution in [0.1, 0.15) is 26.2 Å². The highest BCUT2D eigenvalue weighted by Crippen LogP contribution is 2.34. The number of esters is 1. The van der Waals surface area contributed by atoms with Crippen LogP contribution >= 0.6 is 11.8 Å². The Morgan fingerprint density at radius 1 is 1.38 bits per heavy atom. The van der Waals surface area contributed by atoms with Crippen LogP contribution in [0.2, 0.25) is 0 Å². The van der Waals surface area contributed by atoms with Gasteiger partial charge in [-0.05, 0) is 31.9 Å². The molecule has 128 valence electrons. The molecule has 0 saturated heterocycles. The number of benzene rings is 1. The quantitative estimate of drug-likeness (QED) is 0.793. The molecule has 0 bridgehead atoms. The second-order valence-electron chi connectivity index (χ2n) is 5.97. The van der Waals surface area contributed by atoms with Crippen LogP contribution in [0.4, 0.5) is 5.69 Å². The van der Waals surface area contributed by atoms with Crippen LogP contribution in [0.25, 0.3) is 0 Å². The number of thioether (sulfide) groups is 1. The molecule has 0 spiro atoms. The number of hydrogen-bond acceptors (Lipinski definition) is 5. The lowest BCUT2D eigenvalue weighted by atomic mass is 10.2. The summed E-state index contributed by atoms with van der Waals surface area (Å²) in [5.41, 5.74) is 0.825. The minimum Gasteiger partial charge on any atom is -0.452 e. The topological polar surface area (TPSA) is 75.7 Å². The fourth-order valence-electron chi connectivity index (χ4n) is 2.46. The first-order chi connectivity index (χ1) is 11.5. The normalized spacial score (nSPS) is 17.9. The smallest absolute Gasteiger partial charge is 0.308 e. The van der Waals surface area contributed by atoms with E-state index in [0.717, 1.165) is 23.4 Å². The molecule has 3 rings (SSSR count). The summed E-state index contributed by atoms with van der Waals surface area (Å²) >= 11 is 1.50. The van der Waals surface area contributed by atoms with Crippen molar-refractivity contribution in [2.45, 2.75) is 43.2 Å². The van der Waals surface area contributed by atoms with E-state index in [1.54, 1.807) is 11.8 Å². The molecule has 1 aromatic rings. The van der Waals surface area contributed by atoms with Gasteiger partial charge in [-0.1, -0.05) is 12.1 Å². The molecule has 0 aromatic heterocycles. The van der Waals surface area contributed by atoms with Crippen LogP contribution in [0, 0.1) is 0 Å². The zero-order valence-corrected chi connectivity index (χ0v) is 14.3. The zero-order chi connectivity index (χ0) is 17.1. The average Bonchev–Trinajstić information content (AvgIpc) is 3.37. The van der Waals surface area contributed by atoms with E-state index in [2.05, 4.69) is 5.32 Å². The van der Waals surface area contributed by atoms with E-state index in [9.17, 15) is 14.4 Å². The molecule has 1 aliphatic carbocycles. The number of carbonyl (C=O) groups excluding carboxylic acids is 3. The minimum absolute atomic E-state index is 0.0222. The van der Waals surface area contributed by atoms with Crippen molar-refractivity contribution >= 4 is 35.2 Å². The number of nitrogens with zero attached hydrogens (tertiary/aromatic N) is 1. The maximum Gasteiger partial charge on any atom is 0.308 e. The van der Waals surface area contributed by atoms with Crippen LogP contribution in [-0.2, 0) is 19.1 Å². The number of ether oxygens (including phenoxy) is 1. The van der Waals surface area contributed by atoms with Gasteiger partial charge in [0.25, 0.3) is 5.91 Å². The van der Waals surface area contributed by atoms with Gasteiger partial charge in [0, 0.05) is 17.5 Å². The number of rotatable bonds is 6. The lowest BCUT2D eigenvalue weighted by molar-refractivity contribution is -0.154. The molecule has 24 heavy (non-hydrogen) atoms. The minimum atomic E-state index is -0.807. The second-order valence-corrected chi connectivity index (χ2v) is 6.98. The molecule has 0 radical (unpaired) electrons. The van der Waals surface area contributed by atoms with E-state index in [1.165, 1.54) is 11.8 Å². The van der Waals surface area contributed by atoms with Gasteiger partial charge in [0.1, 0.15) is 0 Å². The van der Waals surface area contributed by atoms with Crippen LogP contribution in [0.5, 0.6) is 0 Å². The van der Waals surface area contributed by atoms with Gasteiger partial charge in [0.15, 0.2) is 6.10 Å². The third kappa shape index (κ3) is 4.08.